The molecular formula is C15H13N5O2S. The predicted molar refractivity (Wildman–Crippen MR) is 86.0 cm³/mol. The summed E-state index contributed by atoms with van der Waals surface area (Å²) in [5.74, 6) is 0.0539. The van der Waals surface area contributed by atoms with Crippen molar-refractivity contribution in [3.8, 4) is 10.6 Å². The summed E-state index contributed by atoms with van der Waals surface area (Å²) in [6.07, 6.45) is 3.52. The van der Waals surface area contributed by atoms with Crippen molar-refractivity contribution >= 4 is 23.1 Å². The monoisotopic (exact) mass is 327 g/mol. The Hall–Kier alpha value is -2.87. The molecule has 23 heavy (non-hydrogen) atoms. The Morgan fingerprint density at radius 1 is 1.30 bits per heavy atom. The van der Waals surface area contributed by atoms with E-state index in [1.165, 1.54) is 7.11 Å². The quantitative estimate of drug-likeness (QED) is 0.720. The zero-order valence-corrected chi connectivity index (χ0v) is 13.1. The number of nitrogens with zero attached hydrogens (tertiary/aromatic N) is 4. The van der Waals surface area contributed by atoms with Crippen LogP contribution < -0.4 is 5.32 Å². The summed E-state index contributed by atoms with van der Waals surface area (Å²) in [6, 6.07) is 7.09. The van der Waals surface area contributed by atoms with Crippen molar-refractivity contribution in [3.05, 3.63) is 53.4 Å². The van der Waals surface area contributed by atoms with Gasteiger partial charge in [0.1, 0.15) is 10.8 Å². The second kappa shape index (κ2) is 6.93. The summed E-state index contributed by atoms with van der Waals surface area (Å²) >= 11 is 1.56. The van der Waals surface area contributed by atoms with Crippen LogP contribution in [0.5, 0.6) is 0 Å². The minimum atomic E-state index is -0.510. The van der Waals surface area contributed by atoms with Crippen LogP contribution in [0.25, 0.3) is 10.6 Å². The van der Waals surface area contributed by atoms with E-state index < -0.39 is 5.97 Å². The molecule has 7 nitrogen and oxygen atoms in total. The van der Waals surface area contributed by atoms with Gasteiger partial charge < -0.3 is 10.1 Å². The molecule has 0 radical (unpaired) electrons. The SMILES string of the molecule is COC(=O)c1ccc(NCc2csc(-c3cccnc3)n2)nn1. The van der Waals surface area contributed by atoms with E-state index in [0.29, 0.717) is 12.4 Å². The highest BCUT2D eigenvalue weighted by molar-refractivity contribution is 7.13. The van der Waals surface area contributed by atoms with Gasteiger partial charge in [-0.3, -0.25) is 4.98 Å². The van der Waals surface area contributed by atoms with Crippen molar-refractivity contribution < 1.29 is 9.53 Å². The number of carbonyl (C=O) groups excluding carboxylic acids is 1. The third kappa shape index (κ3) is 3.67. The normalized spacial score (nSPS) is 10.3. The molecular weight excluding hydrogens is 314 g/mol. The summed E-state index contributed by atoms with van der Waals surface area (Å²) < 4.78 is 4.57. The average molecular weight is 327 g/mol. The van der Waals surface area contributed by atoms with Gasteiger partial charge in [0.25, 0.3) is 0 Å². The lowest BCUT2D eigenvalue weighted by Gasteiger charge is -2.03. The van der Waals surface area contributed by atoms with Gasteiger partial charge in [-0.15, -0.1) is 21.5 Å². The van der Waals surface area contributed by atoms with Gasteiger partial charge in [0.2, 0.25) is 0 Å². The summed E-state index contributed by atoms with van der Waals surface area (Å²) in [5.41, 5.74) is 2.06. The maximum atomic E-state index is 11.3. The molecule has 0 aliphatic carbocycles. The van der Waals surface area contributed by atoms with Crippen LogP contribution in [0.1, 0.15) is 16.2 Å². The Bertz CT molecular complexity index is 789. The van der Waals surface area contributed by atoms with E-state index in [1.807, 2.05) is 17.5 Å². The highest BCUT2D eigenvalue weighted by atomic mass is 32.1. The van der Waals surface area contributed by atoms with E-state index in [2.05, 4.69) is 30.2 Å². The van der Waals surface area contributed by atoms with Gasteiger partial charge >= 0.3 is 5.97 Å². The van der Waals surface area contributed by atoms with Gasteiger partial charge in [0.15, 0.2) is 5.69 Å². The van der Waals surface area contributed by atoms with Crippen LogP contribution in [-0.4, -0.2) is 33.2 Å². The molecule has 116 valence electrons. The fourth-order valence-corrected chi connectivity index (χ4v) is 2.64. The van der Waals surface area contributed by atoms with Gasteiger partial charge in [-0.05, 0) is 24.3 Å². The standard InChI is InChI=1S/C15H13N5O2S/c1-22-15(21)12-4-5-13(20-19-12)17-8-11-9-23-14(18-11)10-3-2-6-16-7-10/h2-7,9H,8H2,1H3,(H,17,20). The molecule has 0 aliphatic heterocycles. The lowest BCUT2D eigenvalue weighted by atomic mass is 10.3. The van der Waals surface area contributed by atoms with Crippen molar-refractivity contribution in [3.63, 3.8) is 0 Å². The number of rotatable bonds is 5. The predicted octanol–water partition coefficient (Wildman–Crippen LogP) is 2.39. The molecule has 0 bridgehead atoms. The molecule has 0 spiro atoms. The number of methoxy groups -OCH3 is 1. The highest BCUT2D eigenvalue weighted by Crippen LogP contribution is 2.22. The van der Waals surface area contributed by atoms with E-state index in [0.717, 1.165) is 16.3 Å². The third-order valence-electron chi connectivity index (χ3n) is 2.97. The van der Waals surface area contributed by atoms with Gasteiger partial charge in [-0.25, -0.2) is 9.78 Å². The van der Waals surface area contributed by atoms with Crippen molar-refractivity contribution in [1.29, 1.82) is 0 Å². The first-order valence-electron chi connectivity index (χ1n) is 6.77. The molecule has 3 aromatic rings. The van der Waals surface area contributed by atoms with Crippen LogP contribution in [0, 0.1) is 0 Å². The molecule has 3 heterocycles. The Labute approximate surface area is 136 Å². The van der Waals surface area contributed by atoms with Crippen LogP contribution in [-0.2, 0) is 11.3 Å². The minimum absolute atomic E-state index is 0.172. The Morgan fingerprint density at radius 3 is 2.91 bits per heavy atom. The molecule has 3 rings (SSSR count). The first-order chi connectivity index (χ1) is 11.3. The molecule has 0 saturated carbocycles. The largest absolute Gasteiger partial charge is 0.464 e. The molecule has 0 amide bonds. The average Bonchev–Trinajstić information content (AvgIpc) is 3.09. The Kier molecular flexibility index (Phi) is 4.53. The van der Waals surface area contributed by atoms with Crippen molar-refractivity contribution in [2.45, 2.75) is 6.54 Å². The molecule has 3 aromatic heterocycles. The summed E-state index contributed by atoms with van der Waals surface area (Å²) in [6.45, 7) is 0.517. The topological polar surface area (TPSA) is 89.9 Å². The second-order valence-corrected chi connectivity index (χ2v) is 5.39. The summed E-state index contributed by atoms with van der Waals surface area (Å²) in [4.78, 5) is 19.9. The Balaban J connectivity index is 1.63. The van der Waals surface area contributed by atoms with E-state index in [4.69, 9.17) is 0 Å². The minimum Gasteiger partial charge on any atom is -0.464 e. The van der Waals surface area contributed by atoms with Crippen LogP contribution >= 0.6 is 11.3 Å². The number of hydrogen-bond acceptors (Lipinski definition) is 8. The lowest BCUT2D eigenvalue weighted by molar-refractivity contribution is 0.0593. The van der Waals surface area contributed by atoms with Gasteiger partial charge in [-0.1, -0.05) is 0 Å². The number of esters is 1. The van der Waals surface area contributed by atoms with Crippen molar-refractivity contribution in [2.75, 3.05) is 12.4 Å². The maximum Gasteiger partial charge on any atom is 0.358 e. The number of hydrogen-bond donors (Lipinski definition) is 1. The van der Waals surface area contributed by atoms with E-state index >= 15 is 0 Å². The number of aromatic nitrogens is 4. The lowest BCUT2D eigenvalue weighted by Crippen LogP contribution is -2.08. The third-order valence-corrected chi connectivity index (χ3v) is 3.91. The first-order valence-corrected chi connectivity index (χ1v) is 7.65. The number of nitrogens with one attached hydrogen (secondary N) is 1. The second-order valence-electron chi connectivity index (χ2n) is 4.53. The van der Waals surface area contributed by atoms with Gasteiger partial charge in [-0.2, -0.15) is 0 Å². The zero-order valence-electron chi connectivity index (χ0n) is 12.3. The molecule has 1 N–H and O–H groups in total. The van der Waals surface area contributed by atoms with Crippen molar-refractivity contribution in [2.24, 2.45) is 0 Å². The van der Waals surface area contributed by atoms with E-state index in [1.54, 1.807) is 35.9 Å². The molecule has 0 unspecified atom stereocenters. The fourth-order valence-electron chi connectivity index (χ4n) is 1.83. The molecule has 0 aliphatic rings. The number of thiazole rings is 1. The summed E-state index contributed by atoms with van der Waals surface area (Å²) in [7, 11) is 1.30. The number of pyridine rings is 1. The first kappa shape index (κ1) is 15.0. The highest BCUT2D eigenvalue weighted by Gasteiger charge is 2.08. The van der Waals surface area contributed by atoms with Crippen LogP contribution in [0.3, 0.4) is 0 Å². The zero-order chi connectivity index (χ0) is 16.1. The van der Waals surface area contributed by atoms with Crippen molar-refractivity contribution in [1.82, 2.24) is 20.2 Å². The van der Waals surface area contributed by atoms with E-state index in [9.17, 15) is 4.79 Å². The van der Waals surface area contributed by atoms with Crippen LogP contribution in [0.4, 0.5) is 5.82 Å². The molecule has 0 aromatic carbocycles. The smallest absolute Gasteiger partial charge is 0.358 e. The molecule has 0 fully saturated rings. The summed E-state index contributed by atoms with van der Waals surface area (Å²) in [5, 5.41) is 13.7. The van der Waals surface area contributed by atoms with Gasteiger partial charge in [0.05, 0.1) is 19.3 Å². The van der Waals surface area contributed by atoms with Gasteiger partial charge in [0, 0.05) is 23.3 Å². The number of anilines is 1. The number of carbonyl (C=O) groups is 1. The van der Waals surface area contributed by atoms with Crippen LogP contribution in [0.15, 0.2) is 42.0 Å². The van der Waals surface area contributed by atoms with Crippen LogP contribution in [0.2, 0.25) is 0 Å². The van der Waals surface area contributed by atoms with E-state index in [-0.39, 0.29) is 5.69 Å². The fraction of sp³-hybridized carbons (Fsp3) is 0.133. The molecule has 0 saturated heterocycles. The Morgan fingerprint density at radius 2 is 2.22 bits per heavy atom. The molecule has 8 heteroatoms. The molecule has 0 atom stereocenters. The number of ether oxygens (including phenoxy) is 1. The maximum absolute atomic E-state index is 11.3.